The van der Waals surface area contributed by atoms with Gasteiger partial charge in [0.1, 0.15) is 0 Å². The molecule has 2 aliphatic carbocycles. The number of amides is 1. The van der Waals surface area contributed by atoms with Gasteiger partial charge in [-0.25, -0.2) is 0 Å². The Morgan fingerprint density at radius 3 is 2.53 bits per heavy atom. The van der Waals surface area contributed by atoms with Crippen molar-refractivity contribution in [3.05, 3.63) is 29.3 Å². The number of hydrogen-bond donors (Lipinski definition) is 2. The number of carbonyl (C=O) groups is 1. The fourth-order valence-corrected chi connectivity index (χ4v) is 2.97. The number of rotatable bonds is 5. The maximum Gasteiger partial charge on any atom is 0.251 e. The molecule has 3 heteroatoms. The van der Waals surface area contributed by atoms with Gasteiger partial charge in [0.15, 0.2) is 0 Å². The van der Waals surface area contributed by atoms with Crippen molar-refractivity contribution >= 4 is 11.6 Å². The standard InChI is InChI=1S/C16H22N2O/c1-10-13(3-2-4-15(10)17)16(19)18-9-14(11-5-6-11)12-7-8-12/h2-4,11-12,14H,5-9,17H2,1H3,(H,18,19). The third-order valence-electron chi connectivity index (χ3n) is 4.57. The highest BCUT2D eigenvalue weighted by Gasteiger charge is 2.41. The van der Waals surface area contributed by atoms with E-state index in [2.05, 4.69) is 5.32 Å². The molecule has 0 radical (unpaired) electrons. The summed E-state index contributed by atoms with van der Waals surface area (Å²) in [6, 6.07) is 5.53. The van der Waals surface area contributed by atoms with Gasteiger partial charge in [-0.05, 0) is 68.1 Å². The second kappa shape index (κ2) is 4.87. The first-order valence-electron chi connectivity index (χ1n) is 7.30. The van der Waals surface area contributed by atoms with Crippen molar-refractivity contribution in [1.29, 1.82) is 0 Å². The molecule has 0 atom stereocenters. The molecular formula is C16H22N2O. The Kier molecular flexibility index (Phi) is 3.21. The Bertz CT molecular complexity index is 478. The zero-order chi connectivity index (χ0) is 13.4. The third-order valence-corrected chi connectivity index (χ3v) is 4.57. The average molecular weight is 258 g/mol. The number of nitrogens with two attached hydrogens (primary N) is 1. The Hall–Kier alpha value is -1.51. The summed E-state index contributed by atoms with van der Waals surface area (Å²) in [7, 11) is 0. The van der Waals surface area contributed by atoms with Crippen LogP contribution in [-0.2, 0) is 0 Å². The number of anilines is 1. The van der Waals surface area contributed by atoms with Crippen LogP contribution < -0.4 is 11.1 Å². The molecule has 0 aromatic heterocycles. The number of carbonyl (C=O) groups excluding carboxylic acids is 1. The predicted octanol–water partition coefficient (Wildman–Crippen LogP) is 2.74. The van der Waals surface area contributed by atoms with E-state index in [0.717, 1.165) is 23.9 Å². The molecule has 0 aliphatic heterocycles. The number of benzene rings is 1. The normalized spacial score (nSPS) is 18.6. The van der Waals surface area contributed by atoms with Crippen LogP contribution in [0.4, 0.5) is 5.69 Å². The van der Waals surface area contributed by atoms with Gasteiger partial charge in [0.05, 0.1) is 0 Å². The van der Waals surface area contributed by atoms with E-state index in [0.29, 0.717) is 17.2 Å². The number of hydrogen-bond acceptors (Lipinski definition) is 2. The zero-order valence-electron chi connectivity index (χ0n) is 11.5. The third kappa shape index (κ3) is 2.75. The quantitative estimate of drug-likeness (QED) is 0.798. The summed E-state index contributed by atoms with van der Waals surface area (Å²) >= 11 is 0. The highest BCUT2D eigenvalue weighted by Crippen LogP contribution is 2.48. The fraction of sp³-hybridized carbons (Fsp3) is 0.562. The summed E-state index contributed by atoms with van der Waals surface area (Å²) in [5.41, 5.74) is 8.14. The largest absolute Gasteiger partial charge is 0.398 e. The highest BCUT2D eigenvalue weighted by atomic mass is 16.1. The van der Waals surface area contributed by atoms with Crippen LogP contribution in [0.1, 0.15) is 41.6 Å². The first-order valence-corrected chi connectivity index (χ1v) is 7.30. The molecule has 19 heavy (non-hydrogen) atoms. The van der Waals surface area contributed by atoms with E-state index < -0.39 is 0 Å². The van der Waals surface area contributed by atoms with Gasteiger partial charge in [0, 0.05) is 17.8 Å². The molecule has 0 bridgehead atoms. The van der Waals surface area contributed by atoms with Gasteiger partial charge in [-0.2, -0.15) is 0 Å². The van der Waals surface area contributed by atoms with Crippen LogP contribution in [0.25, 0.3) is 0 Å². The molecule has 3 rings (SSSR count). The van der Waals surface area contributed by atoms with Gasteiger partial charge in [0.25, 0.3) is 5.91 Å². The SMILES string of the molecule is Cc1c(N)cccc1C(=O)NCC(C1CC1)C1CC1. The van der Waals surface area contributed by atoms with Crippen molar-refractivity contribution < 1.29 is 4.79 Å². The minimum Gasteiger partial charge on any atom is -0.398 e. The van der Waals surface area contributed by atoms with Crippen LogP contribution in [-0.4, -0.2) is 12.5 Å². The minimum absolute atomic E-state index is 0.0242. The molecule has 2 saturated carbocycles. The smallest absolute Gasteiger partial charge is 0.251 e. The van der Waals surface area contributed by atoms with E-state index in [1.807, 2.05) is 25.1 Å². The lowest BCUT2D eigenvalue weighted by atomic mass is 9.97. The van der Waals surface area contributed by atoms with Gasteiger partial charge < -0.3 is 11.1 Å². The summed E-state index contributed by atoms with van der Waals surface area (Å²) in [5.74, 6) is 2.48. The Morgan fingerprint density at radius 1 is 1.32 bits per heavy atom. The van der Waals surface area contributed by atoms with E-state index in [-0.39, 0.29) is 5.91 Å². The van der Waals surface area contributed by atoms with Crippen LogP contribution >= 0.6 is 0 Å². The van der Waals surface area contributed by atoms with E-state index >= 15 is 0 Å². The van der Waals surface area contributed by atoms with E-state index in [9.17, 15) is 4.79 Å². The van der Waals surface area contributed by atoms with Gasteiger partial charge in [-0.3, -0.25) is 4.79 Å². The van der Waals surface area contributed by atoms with Gasteiger partial charge >= 0.3 is 0 Å². The van der Waals surface area contributed by atoms with Crippen molar-refractivity contribution in [1.82, 2.24) is 5.32 Å². The number of nitrogen functional groups attached to an aromatic ring is 1. The first-order chi connectivity index (χ1) is 9.16. The maximum absolute atomic E-state index is 12.2. The lowest BCUT2D eigenvalue weighted by molar-refractivity contribution is 0.0943. The Morgan fingerprint density at radius 2 is 1.95 bits per heavy atom. The molecule has 2 aliphatic rings. The molecule has 3 nitrogen and oxygen atoms in total. The Labute approximate surface area is 114 Å². The second-order valence-corrected chi connectivity index (χ2v) is 6.07. The number of nitrogens with one attached hydrogen (secondary N) is 1. The second-order valence-electron chi connectivity index (χ2n) is 6.07. The molecule has 1 aromatic carbocycles. The van der Waals surface area contributed by atoms with Gasteiger partial charge in [0.2, 0.25) is 0 Å². The van der Waals surface area contributed by atoms with Crippen molar-refractivity contribution in [2.45, 2.75) is 32.6 Å². The fourth-order valence-electron chi connectivity index (χ4n) is 2.97. The molecule has 0 saturated heterocycles. The Balaban J connectivity index is 1.62. The first kappa shape index (κ1) is 12.5. The van der Waals surface area contributed by atoms with E-state index in [1.54, 1.807) is 0 Å². The molecule has 0 unspecified atom stereocenters. The molecule has 1 amide bonds. The van der Waals surface area contributed by atoms with Crippen LogP contribution in [0, 0.1) is 24.7 Å². The maximum atomic E-state index is 12.2. The van der Waals surface area contributed by atoms with Crippen molar-refractivity contribution in [3.8, 4) is 0 Å². The minimum atomic E-state index is 0.0242. The van der Waals surface area contributed by atoms with Crippen molar-refractivity contribution in [2.75, 3.05) is 12.3 Å². The molecule has 3 N–H and O–H groups in total. The average Bonchev–Trinajstić information content (AvgIpc) is 3.26. The van der Waals surface area contributed by atoms with E-state index in [4.69, 9.17) is 5.73 Å². The molecule has 0 heterocycles. The van der Waals surface area contributed by atoms with Crippen LogP contribution in [0.2, 0.25) is 0 Å². The highest BCUT2D eigenvalue weighted by molar-refractivity contribution is 5.96. The lowest BCUT2D eigenvalue weighted by Crippen LogP contribution is -2.31. The summed E-state index contributed by atoms with van der Waals surface area (Å²) in [4.78, 5) is 12.2. The van der Waals surface area contributed by atoms with Crippen LogP contribution in [0.5, 0.6) is 0 Å². The van der Waals surface area contributed by atoms with Crippen LogP contribution in [0.3, 0.4) is 0 Å². The summed E-state index contributed by atoms with van der Waals surface area (Å²) in [6.07, 6.45) is 5.42. The van der Waals surface area contributed by atoms with Crippen molar-refractivity contribution in [2.24, 2.45) is 17.8 Å². The topological polar surface area (TPSA) is 55.1 Å². The van der Waals surface area contributed by atoms with E-state index in [1.165, 1.54) is 25.7 Å². The summed E-state index contributed by atoms with van der Waals surface area (Å²) in [5, 5.41) is 3.12. The lowest BCUT2D eigenvalue weighted by Gasteiger charge is -2.17. The van der Waals surface area contributed by atoms with Crippen molar-refractivity contribution in [3.63, 3.8) is 0 Å². The molecule has 102 valence electrons. The molecule has 0 spiro atoms. The van der Waals surface area contributed by atoms with Gasteiger partial charge in [-0.1, -0.05) is 6.07 Å². The summed E-state index contributed by atoms with van der Waals surface area (Å²) < 4.78 is 0. The van der Waals surface area contributed by atoms with Crippen LogP contribution in [0.15, 0.2) is 18.2 Å². The summed E-state index contributed by atoms with van der Waals surface area (Å²) in [6.45, 7) is 2.74. The molecule has 2 fully saturated rings. The zero-order valence-corrected chi connectivity index (χ0v) is 11.5. The predicted molar refractivity (Wildman–Crippen MR) is 76.9 cm³/mol. The molecular weight excluding hydrogens is 236 g/mol. The van der Waals surface area contributed by atoms with Gasteiger partial charge in [-0.15, -0.1) is 0 Å². The monoisotopic (exact) mass is 258 g/mol. The molecule has 1 aromatic rings.